The third-order valence-corrected chi connectivity index (χ3v) is 9.76. The first-order valence-corrected chi connectivity index (χ1v) is 16.6. The lowest BCUT2D eigenvalue weighted by molar-refractivity contribution is -0.150. The summed E-state index contributed by atoms with van der Waals surface area (Å²) in [5, 5.41) is 17.5. The molecule has 2 aromatic rings. The number of aliphatic carboxylic acids is 1. The largest absolute Gasteiger partial charge is 0.480 e. The Balaban J connectivity index is 1.78. The number of carbonyl (C=O) groups is 3. The molecule has 1 aliphatic rings. The smallest absolute Gasteiger partial charge is 0.326 e. The van der Waals surface area contributed by atoms with E-state index in [1.807, 2.05) is 30.3 Å². The summed E-state index contributed by atoms with van der Waals surface area (Å²) >= 11 is 6.04. The summed E-state index contributed by atoms with van der Waals surface area (Å²) in [6.07, 6.45) is 0.509. The van der Waals surface area contributed by atoms with Gasteiger partial charge in [0.25, 0.3) is 0 Å². The number of anilines is 1. The van der Waals surface area contributed by atoms with Gasteiger partial charge in [-0.2, -0.15) is 0 Å². The Bertz CT molecular complexity index is 1570. The highest BCUT2D eigenvalue weighted by molar-refractivity contribution is 7.90. The van der Waals surface area contributed by atoms with Gasteiger partial charge in [-0.25, -0.2) is 31.5 Å². The van der Waals surface area contributed by atoms with Gasteiger partial charge in [0.1, 0.15) is 21.9 Å². The SMILES string of the molecule is CCOC(=O)[C@H](CCc1ccccc1)N[C@@H](C)C(=O)N1C[C@@H](NS(=O)(=O)c2cc(S(N)(=O)=O)c(N)cc2Cl)C[C@H]1C(=O)O. The van der Waals surface area contributed by atoms with Crippen LogP contribution in [0.15, 0.2) is 52.3 Å². The number of sulfonamides is 2. The minimum Gasteiger partial charge on any atom is -0.480 e. The van der Waals surface area contributed by atoms with Gasteiger partial charge in [0.15, 0.2) is 0 Å². The van der Waals surface area contributed by atoms with Crippen molar-refractivity contribution in [3.8, 4) is 0 Å². The highest BCUT2D eigenvalue weighted by Crippen LogP contribution is 2.30. The maximum absolute atomic E-state index is 13.4. The van der Waals surface area contributed by atoms with Gasteiger partial charge in [0.05, 0.1) is 23.4 Å². The first kappa shape index (κ1) is 34.2. The van der Waals surface area contributed by atoms with Gasteiger partial charge in [-0.3, -0.25) is 14.9 Å². The Morgan fingerprint density at radius 2 is 1.79 bits per heavy atom. The minimum atomic E-state index is -4.53. The zero-order chi connectivity index (χ0) is 32.1. The van der Waals surface area contributed by atoms with Crippen LogP contribution in [0.5, 0.6) is 0 Å². The van der Waals surface area contributed by atoms with Gasteiger partial charge in [0, 0.05) is 12.6 Å². The predicted octanol–water partition coefficient (Wildman–Crippen LogP) is 0.445. The molecular weight excluding hydrogens is 626 g/mol. The van der Waals surface area contributed by atoms with E-state index in [-0.39, 0.29) is 25.3 Å². The lowest BCUT2D eigenvalue weighted by Crippen LogP contribution is -2.53. The van der Waals surface area contributed by atoms with Gasteiger partial charge in [-0.15, -0.1) is 0 Å². The number of carboxylic acid groups (broad SMARTS) is 1. The highest BCUT2D eigenvalue weighted by atomic mass is 35.5. The van der Waals surface area contributed by atoms with E-state index in [2.05, 4.69) is 10.0 Å². The molecule has 236 valence electrons. The number of carboxylic acids is 1. The predicted molar refractivity (Wildman–Crippen MR) is 157 cm³/mol. The summed E-state index contributed by atoms with van der Waals surface area (Å²) in [4.78, 5) is 37.8. The van der Waals surface area contributed by atoms with Crippen molar-refractivity contribution in [1.29, 1.82) is 0 Å². The summed E-state index contributed by atoms with van der Waals surface area (Å²) < 4.78 is 57.5. The topological polar surface area (TPSA) is 228 Å². The van der Waals surface area contributed by atoms with Crippen molar-refractivity contribution in [2.24, 2.45) is 5.14 Å². The fourth-order valence-corrected chi connectivity index (χ4v) is 7.32. The quantitative estimate of drug-likeness (QED) is 0.146. The van der Waals surface area contributed by atoms with Crippen molar-refractivity contribution >= 4 is 55.2 Å². The monoisotopic (exact) mass is 659 g/mol. The van der Waals surface area contributed by atoms with Crippen LogP contribution in [0.1, 0.15) is 32.3 Å². The number of carbonyl (C=O) groups excluding carboxylic acids is 2. The lowest BCUT2D eigenvalue weighted by Gasteiger charge is -2.28. The number of aryl methyl sites for hydroxylation is 1. The molecule has 1 aliphatic heterocycles. The summed E-state index contributed by atoms with van der Waals surface area (Å²) in [6, 6.07) is 6.62. The molecule has 17 heteroatoms. The van der Waals surface area contributed by atoms with Crippen LogP contribution in [0.25, 0.3) is 0 Å². The molecule has 0 unspecified atom stereocenters. The molecule has 0 radical (unpaired) electrons. The number of rotatable bonds is 13. The second-order valence-corrected chi connectivity index (χ2v) is 13.6. The Morgan fingerprint density at radius 1 is 1.14 bits per heavy atom. The Hall–Kier alpha value is -3.28. The van der Waals surface area contributed by atoms with E-state index in [1.54, 1.807) is 6.92 Å². The number of ether oxygens (including phenoxy) is 1. The van der Waals surface area contributed by atoms with Crippen LogP contribution >= 0.6 is 11.6 Å². The van der Waals surface area contributed by atoms with Crippen molar-refractivity contribution in [3.05, 3.63) is 53.1 Å². The summed E-state index contributed by atoms with van der Waals surface area (Å²) in [6.45, 7) is 2.91. The third-order valence-electron chi connectivity index (χ3n) is 6.81. The van der Waals surface area contributed by atoms with Crippen LogP contribution in [0, 0.1) is 0 Å². The molecule has 0 aliphatic carbocycles. The lowest BCUT2D eigenvalue weighted by atomic mass is 10.0. The van der Waals surface area contributed by atoms with E-state index in [1.165, 1.54) is 6.92 Å². The molecule has 0 bridgehead atoms. The second-order valence-electron chi connectivity index (χ2n) is 9.98. The Labute approximate surface area is 254 Å². The van der Waals surface area contributed by atoms with Crippen LogP contribution in [-0.4, -0.2) is 82.0 Å². The number of primary sulfonamides is 1. The van der Waals surface area contributed by atoms with E-state index in [0.29, 0.717) is 18.9 Å². The first-order valence-electron chi connectivity index (χ1n) is 13.2. The zero-order valence-corrected chi connectivity index (χ0v) is 25.8. The number of esters is 1. The molecule has 4 atom stereocenters. The van der Waals surface area contributed by atoms with Gasteiger partial charge >= 0.3 is 11.9 Å². The first-order chi connectivity index (χ1) is 20.0. The molecule has 1 fully saturated rings. The number of amides is 1. The zero-order valence-electron chi connectivity index (χ0n) is 23.4. The van der Waals surface area contributed by atoms with Crippen molar-refractivity contribution in [1.82, 2.24) is 14.9 Å². The van der Waals surface area contributed by atoms with Crippen LogP contribution in [-0.2, 0) is 45.6 Å². The van der Waals surface area contributed by atoms with E-state index in [4.69, 9.17) is 27.2 Å². The van der Waals surface area contributed by atoms with E-state index < -0.39 is 76.9 Å². The van der Waals surface area contributed by atoms with Crippen LogP contribution in [0.4, 0.5) is 5.69 Å². The maximum atomic E-state index is 13.4. The minimum absolute atomic E-state index is 0.121. The number of nitrogen functional groups attached to an aromatic ring is 1. The molecule has 1 saturated heterocycles. The molecule has 1 amide bonds. The van der Waals surface area contributed by atoms with Crippen LogP contribution in [0.3, 0.4) is 0 Å². The van der Waals surface area contributed by atoms with Gasteiger partial charge in [-0.1, -0.05) is 41.9 Å². The summed E-state index contributed by atoms with van der Waals surface area (Å²) in [7, 11) is -8.92. The number of halogens is 1. The van der Waals surface area contributed by atoms with E-state index in [9.17, 15) is 36.3 Å². The molecule has 0 aromatic heterocycles. The standard InChI is InChI=1S/C26H34ClN5O9S2/c1-3-41-26(36)20(10-9-16-7-5-4-6-8-16)30-15(2)24(33)32-14-17(11-21(32)25(34)35)31-43(39,40)22-13-23(42(29,37)38)19(28)12-18(22)27/h4-8,12-13,15,17,20-21,30-31H,3,9-11,14,28H2,1-2H3,(H,34,35)(H2,29,37,38)/t15-,17-,20-,21-/m0/s1. The van der Waals surface area contributed by atoms with Crippen molar-refractivity contribution in [2.75, 3.05) is 18.9 Å². The van der Waals surface area contributed by atoms with Crippen molar-refractivity contribution < 1.29 is 41.1 Å². The third kappa shape index (κ3) is 8.64. The highest BCUT2D eigenvalue weighted by Gasteiger charge is 2.43. The molecule has 1 heterocycles. The number of hydrogen-bond acceptors (Lipinski definition) is 10. The van der Waals surface area contributed by atoms with Gasteiger partial charge in [0.2, 0.25) is 26.0 Å². The number of benzene rings is 2. The maximum Gasteiger partial charge on any atom is 0.326 e. The van der Waals surface area contributed by atoms with Crippen molar-refractivity contribution in [2.45, 2.75) is 67.1 Å². The Morgan fingerprint density at radius 3 is 2.37 bits per heavy atom. The number of nitrogens with two attached hydrogens (primary N) is 2. The van der Waals surface area contributed by atoms with Crippen LogP contribution < -0.4 is 20.9 Å². The number of nitrogens with zero attached hydrogens (tertiary/aromatic N) is 1. The molecule has 43 heavy (non-hydrogen) atoms. The molecule has 7 N–H and O–H groups in total. The van der Waals surface area contributed by atoms with Gasteiger partial charge < -0.3 is 20.5 Å². The number of nitrogens with one attached hydrogen (secondary N) is 2. The normalized spacial score (nSPS) is 18.7. The molecule has 0 spiro atoms. The summed E-state index contributed by atoms with van der Waals surface area (Å²) in [5.41, 5.74) is 6.24. The number of hydrogen-bond donors (Lipinski definition) is 5. The average Bonchev–Trinajstić information content (AvgIpc) is 3.33. The fraction of sp³-hybridized carbons (Fsp3) is 0.423. The molecular formula is C26H34ClN5O9S2. The van der Waals surface area contributed by atoms with E-state index >= 15 is 0 Å². The molecule has 14 nitrogen and oxygen atoms in total. The van der Waals surface area contributed by atoms with Crippen molar-refractivity contribution in [3.63, 3.8) is 0 Å². The Kier molecular flexibility index (Phi) is 11.1. The van der Waals surface area contributed by atoms with E-state index in [0.717, 1.165) is 16.5 Å². The number of likely N-dealkylation sites (tertiary alicyclic amines) is 1. The fourth-order valence-electron chi connectivity index (χ4n) is 4.77. The molecule has 3 rings (SSSR count). The summed E-state index contributed by atoms with van der Waals surface area (Å²) in [5.74, 6) is -2.61. The molecule has 0 saturated carbocycles. The molecule has 2 aromatic carbocycles. The average molecular weight is 660 g/mol. The second kappa shape index (κ2) is 14.0. The van der Waals surface area contributed by atoms with Crippen LogP contribution in [0.2, 0.25) is 5.02 Å². The van der Waals surface area contributed by atoms with Gasteiger partial charge in [-0.05, 0) is 50.8 Å².